The Balaban J connectivity index is 1.52. The zero-order chi connectivity index (χ0) is 23.7. The zero-order valence-corrected chi connectivity index (χ0v) is 17.6. The first-order valence-electron chi connectivity index (χ1n) is 10.8. The molecule has 34 heavy (non-hydrogen) atoms. The smallest absolute Gasteiger partial charge is 0.325 e. The number of hydrogen-bond acceptors (Lipinski definition) is 4. The molecule has 0 radical (unpaired) electrons. The SMILES string of the molecule is Fc1cc(F)c2c(c1)c(N1CCCc3c(C#CC4(C(F)(F)F)CC4)cccc31)nc1nncn12. The summed E-state index contributed by atoms with van der Waals surface area (Å²) in [6.07, 6.45) is -1.75. The van der Waals surface area contributed by atoms with Gasteiger partial charge in [-0.15, -0.1) is 10.2 Å². The third-order valence-electron chi connectivity index (χ3n) is 6.48. The van der Waals surface area contributed by atoms with Gasteiger partial charge < -0.3 is 4.90 Å². The van der Waals surface area contributed by atoms with Crippen LogP contribution in [0.4, 0.5) is 33.5 Å². The number of anilines is 2. The minimum atomic E-state index is -4.36. The van der Waals surface area contributed by atoms with E-state index in [-0.39, 0.29) is 29.5 Å². The van der Waals surface area contributed by atoms with Gasteiger partial charge in [-0.2, -0.15) is 18.2 Å². The minimum Gasteiger partial charge on any atom is -0.325 e. The van der Waals surface area contributed by atoms with Gasteiger partial charge >= 0.3 is 6.18 Å². The molecule has 1 aliphatic heterocycles. The second-order valence-electron chi connectivity index (χ2n) is 8.61. The Bertz CT molecular complexity index is 1520. The van der Waals surface area contributed by atoms with Gasteiger partial charge in [0.25, 0.3) is 5.78 Å². The van der Waals surface area contributed by atoms with E-state index in [4.69, 9.17) is 0 Å². The first kappa shape index (κ1) is 20.8. The van der Waals surface area contributed by atoms with E-state index in [0.717, 1.165) is 11.6 Å². The molecule has 1 fully saturated rings. The third kappa shape index (κ3) is 3.10. The van der Waals surface area contributed by atoms with Crippen LogP contribution in [-0.4, -0.2) is 32.3 Å². The van der Waals surface area contributed by atoms with Crippen molar-refractivity contribution in [3.63, 3.8) is 0 Å². The van der Waals surface area contributed by atoms with Crippen LogP contribution in [0.15, 0.2) is 36.7 Å². The highest BCUT2D eigenvalue weighted by Gasteiger charge is 2.62. The van der Waals surface area contributed by atoms with Crippen LogP contribution in [0.3, 0.4) is 0 Å². The summed E-state index contributed by atoms with van der Waals surface area (Å²) in [6, 6.07) is 7.23. The van der Waals surface area contributed by atoms with Gasteiger partial charge in [0.05, 0.1) is 5.52 Å². The summed E-state index contributed by atoms with van der Waals surface area (Å²) in [6.45, 7) is 0.501. The number of alkyl halides is 3. The van der Waals surface area contributed by atoms with E-state index >= 15 is 0 Å². The molecule has 1 aliphatic carbocycles. The lowest BCUT2D eigenvalue weighted by atomic mass is 9.95. The minimum absolute atomic E-state index is 0.00997. The fraction of sp³-hybridized carbons (Fsp3) is 0.292. The van der Waals surface area contributed by atoms with Crippen LogP contribution >= 0.6 is 0 Å². The zero-order valence-electron chi connectivity index (χ0n) is 17.6. The number of fused-ring (bicyclic) bond motifs is 4. The van der Waals surface area contributed by atoms with Crippen LogP contribution in [0.2, 0.25) is 0 Å². The summed E-state index contributed by atoms with van der Waals surface area (Å²) in [7, 11) is 0. The molecule has 5 nitrogen and oxygen atoms in total. The predicted octanol–water partition coefficient (Wildman–Crippen LogP) is 5.33. The lowest BCUT2D eigenvalue weighted by Crippen LogP contribution is -2.26. The van der Waals surface area contributed by atoms with Gasteiger partial charge in [-0.1, -0.05) is 17.9 Å². The maximum Gasteiger partial charge on any atom is 0.405 e. The van der Waals surface area contributed by atoms with Gasteiger partial charge in [0.1, 0.15) is 23.4 Å². The molecule has 4 aromatic rings. The summed E-state index contributed by atoms with van der Waals surface area (Å²) in [5.74, 6) is 4.16. The largest absolute Gasteiger partial charge is 0.405 e. The molecule has 0 N–H and O–H groups in total. The molecule has 1 saturated carbocycles. The number of aromatic nitrogens is 4. The Hall–Kier alpha value is -3.74. The van der Waals surface area contributed by atoms with Crippen LogP contribution in [0.1, 0.15) is 30.4 Å². The molecular formula is C24H16F5N5. The Kier molecular flexibility index (Phi) is 4.37. The maximum absolute atomic E-state index is 14.8. The Labute approximate surface area is 190 Å². The van der Waals surface area contributed by atoms with Crippen LogP contribution in [0.25, 0.3) is 16.7 Å². The lowest BCUT2D eigenvalue weighted by Gasteiger charge is -2.32. The average molecular weight is 469 g/mol. The lowest BCUT2D eigenvalue weighted by molar-refractivity contribution is -0.168. The van der Waals surface area contributed by atoms with E-state index in [1.165, 1.54) is 16.8 Å². The highest BCUT2D eigenvalue weighted by molar-refractivity contribution is 5.94. The van der Waals surface area contributed by atoms with Gasteiger partial charge in [-0.3, -0.25) is 4.40 Å². The fourth-order valence-electron chi connectivity index (χ4n) is 4.56. The van der Waals surface area contributed by atoms with Crippen LogP contribution < -0.4 is 4.90 Å². The van der Waals surface area contributed by atoms with Crippen molar-refractivity contribution in [2.45, 2.75) is 31.9 Å². The third-order valence-corrected chi connectivity index (χ3v) is 6.48. The Morgan fingerprint density at radius 3 is 2.68 bits per heavy atom. The first-order chi connectivity index (χ1) is 16.3. The normalized spacial score (nSPS) is 16.9. The standard InChI is InChI=1S/C24H16F5N5/c25-15-11-17-20(18(26)12-15)34-13-30-32-22(34)31-21(17)33-10-2-4-16-14(3-1-5-19(16)33)6-7-23(8-9-23)24(27,28)29/h1,3,5,11-13H,2,4,8-10H2. The summed E-state index contributed by atoms with van der Waals surface area (Å²) < 4.78 is 70.4. The molecule has 172 valence electrons. The van der Waals surface area contributed by atoms with Crippen molar-refractivity contribution in [3.05, 3.63) is 59.4 Å². The Morgan fingerprint density at radius 2 is 1.91 bits per heavy atom. The summed E-state index contributed by atoms with van der Waals surface area (Å²) in [4.78, 5) is 6.34. The quantitative estimate of drug-likeness (QED) is 0.279. The van der Waals surface area contributed by atoms with Gasteiger partial charge in [-0.25, -0.2) is 8.78 Å². The molecule has 2 aromatic heterocycles. The molecule has 2 aromatic carbocycles. The number of halogens is 5. The van der Waals surface area contributed by atoms with Crippen molar-refractivity contribution in [2.24, 2.45) is 5.41 Å². The summed E-state index contributed by atoms with van der Waals surface area (Å²) >= 11 is 0. The second-order valence-corrected chi connectivity index (χ2v) is 8.61. The Morgan fingerprint density at radius 1 is 1.09 bits per heavy atom. The predicted molar refractivity (Wildman–Crippen MR) is 115 cm³/mol. The number of benzene rings is 2. The molecule has 6 rings (SSSR count). The monoisotopic (exact) mass is 469 g/mol. The van der Waals surface area contributed by atoms with E-state index < -0.39 is 23.2 Å². The number of hydrogen-bond donors (Lipinski definition) is 0. The fourth-order valence-corrected chi connectivity index (χ4v) is 4.56. The van der Waals surface area contributed by atoms with Crippen molar-refractivity contribution in [1.29, 1.82) is 0 Å². The average Bonchev–Trinajstić information content (AvgIpc) is 3.46. The molecule has 0 amide bonds. The molecule has 0 spiro atoms. The molecule has 2 aliphatic rings. The van der Waals surface area contributed by atoms with Crippen LogP contribution in [-0.2, 0) is 6.42 Å². The maximum atomic E-state index is 14.8. The molecule has 0 saturated heterocycles. The molecular weight excluding hydrogens is 453 g/mol. The number of rotatable bonds is 1. The molecule has 3 heterocycles. The highest BCUT2D eigenvalue weighted by Crippen LogP contribution is 2.57. The summed E-state index contributed by atoms with van der Waals surface area (Å²) in [5.41, 5.74) is 0.165. The van der Waals surface area contributed by atoms with Crippen LogP contribution in [0, 0.1) is 28.9 Å². The molecule has 10 heteroatoms. The van der Waals surface area contributed by atoms with Crippen molar-refractivity contribution < 1.29 is 22.0 Å². The van der Waals surface area contributed by atoms with Gasteiger partial charge in [0.15, 0.2) is 5.82 Å². The van der Waals surface area contributed by atoms with E-state index in [1.54, 1.807) is 12.1 Å². The van der Waals surface area contributed by atoms with Gasteiger partial charge in [0, 0.05) is 29.2 Å². The molecule has 0 unspecified atom stereocenters. The van der Waals surface area contributed by atoms with E-state index in [1.807, 2.05) is 11.0 Å². The topological polar surface area (TPSA) is 46.3 Å². The second kappa shape index (κ2) is 7.13. The molecule has 0 atom stereocenters. The van der Waals surface area contributed by atoms with Gasteiger partial charge in [0.2, 0.25) is 0 Å². The van der Waals surface area contributed by atoms with Crippen molar-refractivity contribution >= 4 is 28.2 Å². The van der Waals surface area contributed by atoms with Crippen molar-refractivity contribution in [2.75, 3.05) is 11.4 Å². The van der Waals surface area contributed by atoms with Gasteiger partial charge in [-0.05, 0) is 49.4 Å². The van der Waals surface area contributed by atoms with Crippen molar-refractivity contribution in [1.82, 2.24) is 19.6 Å². The van der Waals surface area contributed by atoms with Crippen molar-refractivity contribution in [3.8, 4) is 11.8 Å². The van der Waals surface area contributed by atoms with E-state index in [2.05, 4.69) is 27.0 Å². The van der Waals surface area contributed by atoms with Crippen LogP contribution in [0.5, 0.6) is 0 Å². The summed E-state index contributed by atoms with van der Waals surface area (Å²) in [5, 5.41) is 7.97. The molecule has 0 bridgehead atoms. The number of nitrogens with zero attached hydrogens (tertiary/aromatic N) is 5. The first-order valence-corrected chi connectivity index (χ1v) is 10.8. The highest BCUT2D eigenvalue weighted by atomic mass is 19.4. The van der Waals surface area contributed by atoms with E-state index in [0.29, 0.717) is 36.5 Å². The van der Waals surface area contributed by atoms with E-state index in [9.17, 15) is 22.0 Å².